The molecule has 0 aliphatic carbocycles. The number of carbonyl (C=O) groups is 1. The van der Waals surface area contributed by atoms with Crippen molar-refractivity contribution in [2.45, 2.75) is 18.9 Å². The van der Waals surface area contributed by atoms with Gasteiger partial charge >= 0.3 is 0 Å². The standard InChI is InChI=1S/C21H21ClFN7O3/c1-28-16-12(8-13(33-2)14(22)15(16)23)17(30-7-5-24-10-30)18(28)19-25-20(27-26-19)21(32)29-6-3-4-11(31)9-29/h5,7-8,10-11,31H,3-4,6,9H2,1-2H3,(H,25,26,27)/t11-/m0/s1. The van der Waals surface area contributed by atoms with Gasteiger partial charge in [0.1, 0.15) is 16.5 Å². The first-order valence-corrected chi connectivity index (χ1v) is 10.7. The lowest BCUT2D eigenvalue weighted by molar-refractivity contribution is 0.0464. The Balaban J connectivity index is 1.68. The Kier molecular flexibility index (Phi) is 5.29. The minimum absolute atomic E-state index is 0.0389. The molecule has 12 heteroatoms. The highest BCUT2D eigenvalue weighted by Gasteiger charge is 2.29. The van der Waals surface area contributed by atoms with Crippen LogP contribution in [0.5, 0.6) is 5.75 Å². The summed E-state index contributed by atoms with van der Waals surface area (Å²) in [5, 5.41) is 18.5. The van der Waals surface area contributed by atoms with Crippen LogP contribution < -0.4 is 4.74 Å². The van der Waals surface area contributed by atoms with Gasteiger partial charge in [0, 0.05) is 37.9 Å². The van der Waals surface area contributed by atoms with Gasteiger partial charge in [-0.25, -0.2) is 9.37 Å². The Hall–Kier alpha value is -3.44. The van der Waals surface area contributed by atoms with Crippen LogP contribution in [0.4, 0.5) is 4.39 Å². The summed E-state index contributed by atoms with van der Waals surface area (Å²) in [4.78, 5) is 21.5. The highest BCUT2D eigenvalue weighted by atomic mass is 35.5. The summed E-state index contributed by atoms with van der Waals surface area (Å²) in [7, 11) is 3.09. The van der Waals surface area contributed by atoms with Crippen LogP contribution in [-0.2, 0) is 7.05 Å². The number of hydrogen-bond donors (Lipinski definition) is 2. The number of amides is 1. The third-order valence-corrected chi connectivity index (χ3v) is 6.23. The molecule has 1 amide bonds. The first kappa shape index (κ1) is 21.4. The largest absolute Gasteiger partial charge is 0.495 e. The summed E-state index contributed by atoms with van der Waals surface area (Å²) in [6, 6.07) is 1.65. The molecule has 4 heterocycles. The molecule has 1 saturated heterocycles. The van der Waals surface area contributed by atoms with Crippen molar-refractivity contribution in [2.75, 3.05) is 20.2 Å². The van der Waals surface area contributed by atoms with E-state index in [0.29, 0.717) is 36.2 Å². The normalized spacial score (nSPS) is 16.5. The van der Waals surface area contributed by atoms with E-state index in [1.165, 1.54) is 7.11 Å². The number of β-amino-alcohol motifs (C(OH)–C–C–N with tert-alkyl or cyclic N) is 1. The third-order valence-electron chi connectivity index (χ3n) is 5.88. The molecule has 5 rings (SSSR count). The van der Waals surface area contributed by atoms with Crippen LogP contribution in [0.1, 0.15) is 23.5 Å². The van der Waals surface area contributed by atoms with Crippen LogP contribution in [0.25, 0.3) is 28.1 Å². The second-order valence-electron chi connectivity index (χ2n) is 7.90. The number of methoxy groups -OCH3 is 1. The van der Waals surface area contributed by atoms with Gasteiger partial charge in [0.25, 0.3) is 5.91 Å². The van der Waals surface area contributed by atoms with E-state index >= 15 is 4.39 Å². The number of aromatic amines is 1. The fourth-order valence-electron chi connectivity index (χ4n) is 4.33. The van der Waals surface area contributed by atoms with Crippen molar-refractivity contribution in [1.82, 2.24) is 34.2 Å². The topological polar surface area (TPSA) is 114 Å². The quantitative estimate of drug-likeness (QED) is 0.471. The Bertz CT molecular complexity index is 1350. The molecule has 1 fully saturated rings. The summed E-state index contributed by atoms with van der Waals surface area (Å²) < 4.78 is 23.9. The van der Waals surface area contributed by atoms with Gasteiger partial charge in [-0.15, -0.1) is 10.2 Å². The van der Waals surface area contributed by atoms with Crippen molar-refractivity contribution in [3.63, 3.8) is 0 Å². The number of piperidine rings is 1. The molecule has 1 aliphatic heterocycles. The molecule has 4 aromatic rings. The molecule has 0 unspecified atom stereocenters. The SMILES string of the molecule is COc1cc2c(-n3ccnc3)c(-c3nnc(C(=O)N4CCC[C@H](O)C4)[nH]3)n(C)c2c(F)c1Cl. The number of imidazole rings is 1. The van der Waals surface area contributed by atoms with Gasteiger partial charge in [0.15, 0.2) is 11.6 Å². The Labute approximate surface area is 192 Å². The maximum absolute atomic E-state index is 15.3. The van der Waals surface area contributed by atoms with E-state index in [0.717, 1.165) is 0 Å². The number of aromatic nitrogens is 6. The number of aliphatic hydroxyl groups excluding tert-OH is 1. The monoisotopic (exact) mass is 473 g/mol. The Morgan fingerprint density at radius 3 is 2.91 bits per heavy atom. The van der Waals surface area contributed by atoms with E-state index in [1.54, 1.807) is 45.9 Å². The first-order valence-electron chi connectivity index (χ1n) is 10.3. The number of nitrogens with zero attached hydrogens (tertiary/aromatic N) is 6. The summed E-state index contributed by atoms with van der Waals surface area (Å²) in [5.74, 6) is -0.493. The van der Waals surface area contributed by atoms with Crippen LogP contribution in [0, 0.1) is 5.82 Å². The number of carbonyl (C=O) groups excluding carboxylic acids is 1. The summed E-state index contributed by atoms with van der Waals surface area (Å²) >= 11 is 6.18. The second kappa shape index (κ2) is 8.16. The van der Waals surface area contributed by atoms with Crippen molar-refractivity contribution in [2.24, 2.45) is 7.05 Å². The molecule has 3 aromatic heterocycles. The molecule has 0 spiro atoms. The van der Waals surface area contributed by atoms with Gasteiger partial charge < -0.3 is 28.9 Å². The maximum Gasteiger partial charge on any atom is 0.291 e. The van der Waals surface area contributed by atoms with Crippen LogP contribution in [0.2, 0.25) is 5.02 Å². The minimum Gasteiger partial charge on any atom is -0.495 e. The van der Waals surface area contributed by atoms with Crippen LogP contribution >= 0.6 is 11.6 Å². The number of nitrogens with one attached hydrogen (secondary N) is 1. The molecule has 172 valence electrons. The highest BCUT2D eigenvalue weighted by molar-refractivity contribution is 6.33. The van der Waals surface area contributed by atoms with Gasteiger partial charge in [-0.05, 0) is 18.9 Å². The number of likely N-dealkylation sites (tertiary alicyclic amines) is 1. The molecule has 1 aliphatic rings. The van der Waals surface area contributed by atoms with Crippen molar-refractivity contribution in [3.05, 3.63) is 41.5 Å². The van der Waals surface area contributed by atoms with Gasteiger partial charge in [-0.1, -0.05) is 11.6 Å². The zero-order valence-electron chi connectivity index (χ0n) is 17.9. The van der Waals surface area contributed by atoms with E-state index < -0.39 is 11.9 Å². The molecule has 0 saturated carbocycles. The molecule has 10 nitrogen and oxygen atoms in total. The Morgan fingerprint density at radius 1 is 1.39 bits per heavy atom. The van der Waals surface area contributed by atoms with E-state index in [1.807, 2.05) is 0 Å². The number of fused-ring (bicyclic) bond motifs is 1. The lowest BCUT2D eigenvalue weighted by Crippen LogP contribution is -2.42. The highest BCUT2D eigenvalue weighted by Crippen LogP contribution is 2.41. The maximum atomic E-state index is 15.3. The number of H-pyrrole nitrogens is 1. The third kappa shape index (κ3) is 3.44. The number of ether oxygens (including phenoxy) is 1. The first-order chi connectivity index (χ1) is 15.9. The number of halogens is 2. The molecule has 0 radical (unpaired) electrons. The summed E-state index contributed by atoms with van der Waals surface area (Å²) in [6.45, 7) is 0.774. The van der Waals surface area contributed by atoms with Crippen molar-refractivity contribution >= 4 is 28.4 Å². The molecular weight excluding hydrogens is 453 g/mol. The molecule has 33 heavy (non-hydrogen) atoms. The molecule has 2 N–H and O–H groups in total. The van der Waals surface area contributed by atoms with Gasteiger partial charge in [-0.3, -0.25) is 4.79 Å². The van der Waals surface area contributed by atoms with Crippen molar-refractivity contribution < 1.29 is 19.0 Å². The molecule has 1 aromatic carbocycles. The second-order valence-corrected chi connectivity index (χ2v) is 8.28. The number of hydrogen-bond acceptors (Lipinski definition) is 6. The fraction of sp³-hybridized carbons (Fsp3) is 0.333. The number of benzene rings is 1. The number of rotatable bonds is 4. The molecule has 1 atom stereocenters. The van der Waals surface area contributed by atoms with Crippen LogP contribution in [-0.4, -0.2) is 71.5 Å². The zero-order chi connectivity index (χ0) is 23.3. The predicted molar refractivity (Wildman–Crippen MR) is 118 cm³/mol. The number of aryl methyl sites for hydroxylation is 1. The Morgan fingerprint density at radius 2 is 2.21 bits per heavy atom. The van der Waals surface area contributed by atoms with Gasteiger partial charge in [0.05, 0.1) is 30.7 Å². The summed E-state index contributed by atoms with van der Waals surface area (Å²) in [6.07, 6.45) is 5.71. The average Bonchev–Trinajstić information content (AvgIpc) is 3.55. The minimum atomic E-state index is -0.640. The van der Waals surface area contributed by atoms with Crippen LogP contribution in [0.3, 0.4) is 0 Å². The fourth-order valence-corrected chi connectivity index (χ4v) is 4.55. The van der Waals surface area contributed by atoms with Gasteiger partial charge in [0.2, 0.25) is 5.82 Å². The zero-order valence-corrected chi connectivity index (χ0v) is 18.7. The lowest BCUT2D eigenvalue weighted by Gasteiger charge is -2.29. The van der Waals surface area contributed by atoms with Crippen molar-refractivity contribution in [3.8, 4) is 23.0 Å². The predicted octanol–water partition coefficient (Wildman–Crippen LogP) is 2.55. The van der Waals surface area contributed by atoms with E-state index in [9.17, 15) is 9.90 Å². The smallest absolute Gasteiger partial charge is 0.291 e. The van der Waals surface area contributed by atoms with Crippen molar-refractivity contribution in [1.29, 1.82) is 0 Å². The lowest BCUT2D eigenvalue weighted by atomic mass is 10.1. The van der Waals surface area contributed by atoms with E-state index in [2.05, 4.69) is 20.2 Å². The molecule has 0 bridgehead atoms. The van der Waals surface area contributed by atoms with Crippen LogP contribution in [0.15, 0.2) is 24.8 Å². The van der Waals surface area contributed by atoms with E-state index in [4.69, 9.17) is 16.3 Å². The average molecular weight is 474 g/mol. The summed E-state index contributed by atoms with van der Waals surface area (Å²) in [5.41, 5.74) is 1.29. The van der Waals surface area contributed by atoms with Gasteiger partial charge in [-0.2, -0.15) is 0 Å². The van der Waals surface area contributed by atoms with E-state index in [-0.39, 0.29) is 40.4 Å². The molecular formula is C21H21ClFN7O3. The number of aliphatic hydroxyl groups is 1.